The van der Waals surface area contributed by atoms with Crippen LogP contribution >= 0.6 is 0 Å². The van der Waals surface area contributed by atoms with Crippen molar-refractivity contribution in [2.24, 2.45) is 9.98 Å². The van der Waals surface area contributed by atoms with E-state index in [2.05, 4.69) is 9.98 Å². The lowest BCUT2D eigenvalue weighted by molar-refractivity contribution is 0.348. The molecule has 14 heavy (non-hydrogen) atoms. The largest absolute Gasteiger partial charge is 0.470 e. The summed E-state index contributed by atoms with van der Waals surface area (Å²) < 4.78 is 10.3. The third-order valence-electron chi connectivity index (χ3n) is 1.53. The third-order valence-corrected chi connectivity index (χ3v) is 1.53. The van der Waals surface area contributed by atoms with Gasteiger partial charge in [-0.15, -0.1) is 0 Å². The normalized spacial score (nSPS) is 18.9. The molecule has 2 heterocycles. The summed E-state index contributed by atoms with van der Waals surface area (Å²) >= 11 is 0. The minimum atomic E-state index is 0.551. The van der Waals surface area contributed by atoms with E-state index in [1.165, 1.54) is 18.8 Å². The average Bonchev–Trinajstić information content (AvgIpc) is 2.62. The first-order chi connectivity index (χ1) is 6.97. The second-order valence-corrected chi connectivity index (χ2v) is 2.48. The van der Waals surface area contributed by atoms with Crippen molar-refractivity contribution in [1.29, 1.82) is 0 Å². The first kappa shape index (κ1) is 8.50. The van der Waals surface area contributed by atoms with E-state index >= 15 is 0 Å². The molecule has 4 heteroatoms. The maximum atomic E-state index is 5.26. The monoisotopic (exact) mass is 188 g/mol. The van der Waals surface area contributed by atoms with E-state index in [1.54, 1.807) is 30.8 Å². The lowest BCUT2D eigenvalue weighted by atomic mass is 10.4. The summed E-state index contributed by atoms with van der Waals surface area (Å²) in [7, 11) is 0. The summed E-state index contributed by atoms with van der Waals surface area (Å²) in [5.74, 6) is 0.551. The highest BCUT2D eigenvalue weighted by Gasteiger charge is 2.06. The standard InChI is InChI=1S/C10H8N2O2/c1-3-11-7-10(14-6-1)9-8-13-5-2-4-12-9/h1-8H. The number of nitrogens with zero attached hydrogens (tertiary/aromatic N) is 2. The lowest BCUT2D eigenvalue weighted by Gasteiger charge is -2.03. The number of hydrogen-bond acceptors (Lipinski definition) is 4. The summed E-state index contributed by atoms with van der Waals surface area (Å²) in [6.07, 6.45) is 12.8. The second kappa shape index (κ2) is 4.23. The molecular formula is C10H8N2O2. The Labute approximate surface area is 81.3 Å². The van der Waals surface area contributed by atoms with Gasteiger partial charge in [0.05, 0.1) is 18.7 Å². The van der Waals surface area contributed by atoms with E-state index in [1.807, 2.05) is 0 Å². The maximum absolute atomic E-state index is 5.26. The van der Waals surface area contributed by atoms with Crippen molar-refractivity contribution in [3.63, 3.8) is 0 Å². The Morgan fingerprint density at radius 3 is 3.00 bits per heavy atom. The quantitative estimate of drug-likeness (QED) is 0.630. The van der Waals surface area contributed by atoms with Gasteiger partial charge in [-0.3, -0.25) is 4.99 Å². The SMILES string of the molecule is C1=COC=C(C2=CN=CC=CO2)N=C1. The van der Waals surface area contributed by atoms with Crippen LogP contribution in [0.3, 0.4) is 0 Å². The lowest BCUT2D eigenvalue weighted by Crippen LogP contribution is -1.89. The molecule has 2 rings (SSSR count). The Hall–Kier alpha value is -2.10. The van der Waals surface area contributed by atoms with Crippen molar-refractivity contribution >= 4 is 12.4 Å². The fourth-order valence-corrected chi connectivity index (χ4v) is 0.925. The fourth-order valence-electron chi connectivity index (χ4n) is 0.925. The molecule has 0 atom stereocenters. The van der Waals surface area contributed by atoms with Crippen LogP contribution in [0.1, 0.15) is 0 Å². The predicted octanol–water partition coefficient (Wildman–Crippen LogP) is 1.90. The molecule has 4 nitrogen and oxygen atoms in total. The first-order valence-corrected chi connectivity index (χ1v) is 4.07. The van der Waals surface area contributed by atoms with Crippen molar-refractivity contribution < 1.29 is 9.47 Å². The zero-order valence-corrected chi connectivity index (χ0v) is 7.33. The maximum Gasteiger partial charge on any atom is 0.173 e. The summed E-state index contributed by atoms with van der Waals surface area (Å²) in [5.41, 5.74) is 0.596. The molecule has 2 aliphatic heterocycles. The number of rotatable bonds is 1. The molecule has 0 amide bonds. The summed E-state index contributed by atoms with van der Waals surface area (Å²) in [4.78, 5) is 8.08. The molecule has 0 fully saturated rings. The molecule has 0 bridgehead atoms. The van der Waals surface area contributed by atoms with Gasteiger partial charge in [0.15, 0.2) is 5.76 Å². The van der Waals surface area contributed by atoms with E-state index in [0.717, 1.165) is 0 Å². The molecular weight excluding hydrogens is 180 g/mol. The van der Waals surface area contributed by atoms with Gasteiger partial charge < -0.3 is 9.47 Å². The molecule has 0 saturated carbocycles. The zero-order valence-electron chi connectivity index (χ0n) is 7.33. The van der Waals surface area contributed by atoms with Crippen LogP contribution in [0, 0.1) is 0 Å². The highest BCUT2D eigenvalue weighted by atomic mass is 16.5. The Morgan fingerprint density at radius 1 is 1.07 bits per heavy atom. The van der Waals surface area contributed by atoms with Crippen molar-refractivity contribution in [3.8, 4) is 0 Å². The number of hydrogen-bond donors (Lipinski definition) is 0. The van der Waals surface area contributed by atoms with Crippen molar-refractivity contribution in [2.45, 2.75) is 0 Å². The summed E-state index contributed by atoms with van der Waals surface area (Å²) in [6.45, 7) is 0. The van der Waals surface area contributed by atoms with Crippen molar-refractivity contribution in [3.05, 3.63) is 48.6 Å². The van der Waals surface area contributed by atoms with Gasteiger partial charge >= 0.3 is 0 Å². The van der Waals surface area contributed by atoms with Gasteiger partial charge in [-0.2, -0.15) is 0 Å². The molecule has 0 radical (unpaired) electrons. The van der Waals surface area contributed by atoms with Crippen LogP contribution in [0.2, 0.25) is 0 Å². The van der Waals surface area contributed by atoms with E-state index < -0.39 is 0 Å². The molecule has 0 spiro atoms. The van der Waals surface area contributed by atoms with E-state index in [0.29, 0.717) is 11.5 Å². The van der Waals surface area contributed by atoms with Crippen molar-refractivity contribution in [1.82, 2.24) is 0 Å². The molecule has 0 saturated heterocycles. The topological polar surface area (TPSA) is 43.2 Å². The van der Waals surface area contributed by atoms with Crippen LogP contribution in [-0.2, 0) is 9.47 Å². The Kier molecular flexibility index (Phi) is 2.56. The minimum absolute atomic E-state index is 0.551. The van der Waals surface area contributed by atoms with Crippen LogP contribution in [-0.4, -0.2) is 12.4 Å². The highest BCUT2D eigenvalue weighted by Crippen LogP contribution is 2.16. The highest BCUT2D eigenvalue weighted by molar-refractivity contribution is 5.73. The molecule has 0 aromatic heterocycles. The molecule has 0 aliphatic carbocycles. The van der Waals surface area contributed by atoms with Gasteiger partial charge in [0, 0.05) is 12.4 Å². The zero-order chi connectivity index (χ0) is 9.64. The number of ether oxygens (including phenoxy) is 2. The van der Waals surface area contributed by atoms with Crippen LogP contribution < -0.4 is 0 Å². The molecule has 0 unspecified atom stereocenters. The van der Waals surface area contributed by atoms with Gasteiger partial charge in [0.1, 0.15) is 12.0 Å². The van der Waals surface area contributed by atoms with Crippen LogP contribution in [0.25, 0.3) is 0 Å². The van der Waals surface area contributed by atoms with E-state index in [4.69, 9.17) is 9.47 Å². The predicted molar refractivity (Wildman–Crippen MR) is 53.6 cm³/mol. The Balaban J connectivity index is 2.22. The average molecular weight is 188 g/mol. The van der Waals surface area contributed by atoms with Gasteiger partial charge in [0.25, 0.3) is 0 Å². The Bertz CT molecular complexity index is 387. The minimum Gasteiger partial charge on any atom is -0.470 e. The molecule has 2 aliphatic rings. The fraction of sp³-hybridized carbons (Fsp3) is 0. The van der Waals surface area contributed by atoms with Crippen LogP contribution in [0.4, 0.5) is 0 Å². The van der Waals surface area contributed by atoms with Gasteiger partial charge in [-0.25, -0.2) is 4.99 Å². The molecule has 0 aromatic carbocycles. The van der Waals surface area contributed by atoms with Crippen LogP contribution in [0.15, 0.2) is 58.6 Å². The van der Waals surface area contributed by atoms with E-state index in [9.17, 15) is 0 Å². The molecule has 0 N–H and O–H groups in total. The van der Waals surface area contributed by atoms with Crippen LogP contribution in [0.5, 0.6) is 0 Å². The second-order valence-electron chi connectivity index (χ2n) is 2.48. The number of aliphatic imine (C=N–C) groups is 2. The third kappa shape index (κ3) is 1.98. The van der Waals surface area contributed by atoms with E-state index in [-0.39, 0.29) is 0 Å². The first-order valence-electron chi connectivity index (χ1n) is 4.07. The van der Waals surface area contributed by atoms with Crippen molar-refractivity contribution in [2.75, 3.05) is 0 Å². The smallest absolute Gasteiger partial charge is 0.173 e. The van der Waals surface area contributed by atoms with Gasteiger partial charge in [-0.05, 0) is 12.2 Å². The summed E-state index contributed by atoms with van der Waals surface area (Å²) in [5, 5.41) is 0. The Morgan fingerprint density at radius 2 is 2.00 bits per heavy atom. The van der Waals surface area contributed by atoms with Gasteiger partial charge in [-0.1, -0.05) is 0 Å². The molecule has 70 valence electrons. The number of allylic oxidation sites excluding steroid dienone is 2. The summed E-state index contributed by atoms with van der Waals surface area (Å²) in [6, 6.07) is 0. The molecule has 0 aromatic rings. The van der Waals surface area contributed by atoms with Gasteiger partial charge in [0.2, 0.25) is 0 Å².